The maximum absolute atomic E-state index is 12.9. The van der Waals surface area contributed by atoms with Gasteiger partial charge in [0, 0.05) is 6.42 Å². The summed E-state index contributed by atoms with van der Waals surface area (Å²) in [6, 6.07) is 0. The lowest BCUT2D eigenvalue weighted by atomic mass is 10.2. The summed E-state index contributed by atoms with van der Waals surface area (Å²) in [5, 5.41) is 0. The fraction of sp³-hybridized carbons (Fsp3) is 0.571. The molecule has 0 saturated carbocycles. The predicted molar refractivity (Wildman–Crippen MR) is 66.6 cm³/mol. The van der Waals surface area contributed by atoms with Crippen LogP contribution in [0.5, 0.6) is 0 Å². The van der Waals surface area contributed by atoms with E-state index in [-0.39, 0.29) is 18.1 Å². The minimum absolute atomic E-state index is 0.0969. The van der Waals surface area contributed by atoms with E-state index in [1.165, 1.54) is 31.4 Å². The van der Waals surface area contributed by atoms with Gasteiger partial charge >= 0.3 is 0 Å². The van der Waals surface area contributed by atoms with Gasteiger partial charge in [0.15, 0.2) is 0 Å². The Morgan fingerprint density at radius 1 is 1.06 bits per heavy atom. The Balaban J connectivity index is 0.000000385. The lowest BCUT2D eigenvalue weighted by Crippen LogP contribution is -1.78. The monoisotopic (exact) mass is 228 g/mol. The van der Waals surface area contributed by atoms with E-state index in [1.807, 2.05) is 0 Å². The summed E-state index contributed by atoms with van der Waals surface area (Å²) in [7, 11) is 0. The van der Waals surface area contributed by atoms with Crippen molar-refractivity contribution in [3.05, 3.63) is 35.0 Å². The molecule has 0 amide bonds. The first-order valence-electron chi connectivity index (χ1n) is 5.90. The summed E-state index contributed by atoms with van der Waals surface area (Å²) < 4.78 is 25.6. The second kappa shape index (κ2) is 8.26. The van der Waals surface area contributed by atoms with Crippen molar-refractivity contribution in [1.82, 2.24) is 0 Å². The molecule has 0 N–H and O–H groups in total. The molecule has 0 heterocycles. The van der Waals surface area contributed by atoms with E-state index in [1.54, 1.807) is 13.8 Å². The van der Waals surface area contributed by atoms with Gasteiger partial charge in [-0.05, 0) is 37.1 Å². The summed E-state index contributed by atoms with van der Waals surface area (Å²) in [6.45, 7) is 7.70. The Morgan fingerprint density at radius 2 is 1.62 bits per heavy atom. The van der Waals surface area contributed by atoms with E-state index in [2.05, 4.69) is 13.8 Å². The fourth-order valence-corrected chi connectivity index (χ4v) is 1.35. The zero-order valence-electron chi connectivity index (χ0n) is 10.7. The number of hydrogen-bond donors (Lipinski definition) is 0. The number of hydrogen-bond acceptors (Lipinski definition) is 0. The first kappa shape index (κ1) is 15.1. The molecule has 0 bridgehead atoms. The number of unbranched alkanes of at least 4 members (excludes halogenated alkanes) is 2. The standard InChI is InChI=1S/C9H10F2.C5H12/c1-6-3-8(10)5-7(2)9(11)4-6;1-3-5-4-2/h3-4H,5H2,1-2H3;3-5H2,1-2H3. The first-order valence-corrected chi connectivity index (χ1v) is 5.90. The molecular formula is C14H22F2. The molecule has 0 aromatic rings. The zero-order chi connectivity index (χ0) is 12.6. The van der Waals surface area contributed by atoms with E-state index in [9.17, 15) is 8.78 Å². The van der Waals surface area contributed by atoms with Gasteiger partial charge in [-0.1, -0.05) is 33.1 Å². The zero-order valence-corrected chi connectivity index (χ0v) is 10.7. The van der Waals surface area contributed by atoms with E-state index in [0.717, 1.165) is 0 Å². The van der Waals surface area contributed by atoms with Crippen molar-refractivity contribution in [3.8, 4) is 0 Å². The van der Waals surface area contributed by atoms with Crippen LogP contribution < -0.4 is 0 Å². The highest BCUT2D eigenvalue weighted by Gasteiger charge is 2.06. The topological polar surface area (TPSA) is 0 Å². The van der Waals surface area contributed by atoms with Gasteiger partial charge in [-0.2, -0.15) is 0 Å². The third-order valence-corrected chi connectivity index (χ3v) is 2.29. The molecule has 0 radical (unpaired) electrons. The Kier molecular flexibility index (Phi) is 7.78. The Labute approximate surface area is 97.7 Å². The third kappa shape index (κ3) is 6.54. The number of halogens is 2. The minimum atomic E-state index is -0.314. The normalized spacial score (nSPS) is 15.9. The molecule has 2 heteroatoms. The molecular weight excluding hydrogens is 206 g/mol. The van der Waals surface area contributed by atoms with Crippen molar-refractivity contribution in [1.29, 1.82) is 0 Å². The first-order chi connectivity index (χ1) is 7.51. The van der Waals surface area contributed by atoms with Crippen molar-refractivity contribution in [2.24, 2.45) is 0 Å². The lowest BCUT2D eigenvalue weighted by Gasteiger charge is -1.94. The Morgan fingerprint density at radius 3 is 2.06 bits per heavy atom. The highest BCUT2D eigenvalue weighted by Crippen LogP contribution is 2.23. The van der Waals surface area contributed by atoms with Gasteiger partial charge in [-0.3, -0.25) is 0 Å². The van der Waals surface area contributed by atoms with Crippen molar-refractivity contribution in [2.45, 2.75) is 53.4 Å². The highest BCUT2D eigenvalue weighted by atomic mass is 19.1. The molecule has 0 spiro atoms. The van der Waals surface area contributed by atoms with Gasteiger partial charge in [-0.25, -0.2) is 8.78 Å². The van der Waals surface area contributed by atoms with Crippen molar-refractivity contribution < 1.29 is 8.78 Å². The van der Waals surface area contributed by atoms with Crippen LogP contribution in [-0.4, -0.2) is 0 Å². The predicted octanol–water partition coefficient (Wildman–Crippen LogP) is 5.63. The van der Waals surface area contributed by atoms with Crippen LogP contribution in [0, 0.1) is 0 Å². The van der Waals surface area contributed by atoms with Crippen LogP contribution in [0.4, 0.5) is 8.78 Å². The maximum atomic E-state index is 12.9. The lowest BCUT2D eigenvalue weighted by molar-refractivity contribution is 0.597. The summed E-state index contributed by atoms with van der Waals surface area (Å²) in [5.41, 5.74) is 1.08. The molecule has 0 aromatic carbocycles. The quantitative estimate of drug-likeness (QED) is 0.574. The number of rotatable bonds is 2. The van der Waals surface area contributed by atoms with Gasteiger partial charge in [0.2, 0.25) is 0 Å². The SMILES string of the molecule is CC1=CC(F)=C(C)CC(F)=C1.CCCCC. The summed E-state index contributed by atoms with van der Waals surface area (Å²) in [4.78, 5) is 0. The van der Waals surface area contributed by atoms with Crippen LogP contribution in [0.3, 0.4) is 0 Å². The van der Waals surface area contributed by atoms with Gasteiger partial charge in [0.05, 0.1) is 0 Å². The molecule has 0 atom stereocenters. The average Bonchev–Trinajstić information content (AvgIpc) is 2.28. The van der Waals surface area contributed by atoms with Crippen LogP contribution >= 0.6 is 0 Å². The molecule has 1 rings (SSSR count). The van der Waals surface area contributed by atoms with Gasteiger partial charge in [-0.15, -0.1) is 0 Å². The highest BCUT2D eigenvalue weighted by molar-refractivity contribution is 5.34. The average molecular weight is 228 g/mol. The van der Waals surface area contributed by atoms with Crippen LogP contribution in [0.1, 0.15) is 53.4 Å². The molecule has 0 aliphatic heterocycles. The van der Waals surface area contributed by atoms with Gasteiger partial charge in [0.25, 0.3) is 0 Å². The molecule has 1 aliphatic carbocycles. The second-order valence-electron chi connectivity index (χ2n) is 4.14. The summed E-state index contributed by atoms with van der Waals surface area (Å²) >= 11 is 0. The minimum Gasteiger partial charge on any atom is -0.211 e. The van der Waals surface area contributed by atoms with Crippen molar-refractivity contribution in [3.63, 3.8) is 0 Å². The summed E-state index contributed by atoms with van der Waals surface area (Å²) in [5.74, 6) is -0.588. The second-order valence-corrected chi connectivity index (χ2v) is 4.14. The Hall–Kier alpha value is -0.920. The van der Waals surface area contributed by atoms with E-state index in [0.29, 0.717) is 11.1 Å². The van der Waals surface area contributed by atoms with Crippen LogP contribution in [0.15, 0.2) is 35.0 Å². The molecule has 0 aromatic heterocycles. The van der Waals surface area contributed by atoms with E-state index >= 15 is 0 Å². The molecule has 0 saturated heterocycles. The molecule has 0 unspecified atom stereocenters. The summed E-state index contributed by atoms with van der Waals surface area (Å²) in [6.07, 6.45) is 6.88. The fourth-order valence-electron chi connectivity index (χ4n) is 1.35. The van der Waals surface area contributed by atoms with Crippen LogP contribution in [0.25, 0.3) is 0 Å². The molecule has 16 heavy (non-hydrogen) atoms. The number of allylic oxidation sites excluding steroid dienone is 6. The van der Waals surface area contributed by atoms with Crippen LogP contribution in [-0.2, 0) is 0 Å². The Bertz CT molecular complexity index is 294. The van der Waals surface area contributed by atoms with Gasteiger partial charge < -0.3 is 0 Å². The van der Waals surface area contributed by atoms with E-state index < -0.39 is 0 Å². The van der Waals surface area contributed by atoms with Gasteiger partial charge in [0.1, 0.15) is 11.7 Å². The largest absolute Gasteiger partial charge is 0.211 e. The third-order valence-electron chi connectivity index (χ3n) is 2.29. The maximum Gasteiger partial charge on any atom is 0.122 e. The van der Waals surface area contributed by atoms with Crippen LogP contribution in [0.2, 0.25) is 0 Å². The molecule has 0 fully saturated rings. The molecule has 92 valence electrons. The molecule has 0 nitrogen and oxygen atoms in total. The smallest absolute Gasteiger partial charge is 0.122 e. The van der Waals surface area contributed by atoms with Crippen molar-refractivity contribution >= 4 is 0 Å². The van der Waals surface area contributed by atoms with E-state index in [4.69, 9.17) is 0 Å². The molecule has 1 aliphatic rings. The van der Waals surface area contributed by atoms with Crippen molar-refractivity contribution in [2.75, 3.05) is 0 Å².